The van der Waals surface area contributed by atoms with Gasteiger partial charge in [0, 0.05) is 6.04 Å². The summed E-state index contributed by atoms with van der Waals surface area (Å²) < 4.78 is 0. The van der Waals surface area contributed by atoms with Gasteiger partial charge in [-0.15, -0.1) is 0 Å². The maximum atomic E-state index is 3.73. The Morgan fingerprint density at radius 3 is 2.21 bits per heavy atom. The molecule has 1 N–H and O–H groups in total. The maximum absolute atomic E-state index is 3.73. The molecule has 1 rings (SSSR count). The van der Waals surface area contributed by atoms with Crippen LogP contribution in [-0.4, -0.2) is 12.6 Å². The van der Waals surface area contributed by atoms with Gasteiger partial charge < -0.3 is 5.32 Å². The second-order valence-electron chi connectivity index (χ2n) is 6.01. The van der Waals surface area contributed by atoms with E-state index in [0.29, 0.717) is 5.41 Å². The molecule has 1 unspecified atom stereocenters. The van der Waals surface area contributed by atoms with Gasteiger partial charge in [-0.2, -0.15) is 0 Å². The summed E-state index contributed by atoms with van der Waals surface area (Å²) in [7, 11) is 0. The van der Waals surface area contributed by atoms with Gasteiger partial charge >= 0.3 is 0 Å². The lowest BCUT2D eigenvalue weighted by Gasteiger charge is -2.30. The van der Waals surface area contributed by atoms with Crippen molar-refractivity contribution in [2.24, 2.45) is 11.3 Å². The third-order valence-electron chi connectivity index (χ3n) is 3.80. The summed E-state index contributed by atoms with van der Waals surface area (Å²) in [6.45, 7) is 10.5. The molecule has 1 heteroatoms. The summed E-state index contributed by atoms with van der Waals surface area (Å²) in [5.41, 5.74) is 0.446. The van der Waals surface area contributed by atoms with E-state index in [0.717, 1.165) is 12.0 Å². The Balaban J connectivity index is 2.19. The molecule has 1 nitrogen and oxygen atoms in total. The van der Waals surface area contributed by atoms with Crippen molar-refractivity contribution in [2.75, 3.05) is 6.54 Å². The predicted octanol–water partition coefficient (Wildman–Crippen LogP) is 3.59. The molecule has 84 valence electrons. The van der Waals surface area contributed by atoms with Crippen LogP contribution in [0, 0.1) is 11.3 Å². The second kappa shape index (κ2) is 5.16. The van der Waals surface area contributed by atoms with Crippen molar-refractivity contribution in [1.29, 1.82) is 0 Å². The molecule has 0 aliphatic heterocycles. The monoisotopic (exact) mass is 197 g/mol. The SMILES string of the molecule is CC(CNC1CCCCC1)C(C)(C)C. The van der Waals surface area contributed by atoms with Crippen LogP contribution < -0.4 is 5.32 Å². The van der Waals surface area contributed by atoms with E-state index in [1.807, 2.05) is 0 Å². The number of hydrogen-bond donors (Lipinski definition) is 1. The van der Waals surface area contributed by atoms with Gasteiger partial charge in [-0.25, -0.2) is 0 Å². The number of hydrogen-bond acceptors (Lipinski definition) is 1. The summed E-state index contributed by atoms with van der Waals surface area (Å²) in [6, 6.07) is 0.813. The van der Waals surface area contributed by atoms with Gasteiger partial charge in [-0.05, 0) is 30.7 Å². The molecule has 0 heterocycles. The summed E-state index contributed by atoms with van der Waals surface area (Å²) in [5, 5.41) is 3.73. The Bertz CT molecular complexity index is 151. The molecule has 0 saturated heterocycles. The summed E-state index contributed by atoms with van der Waals surface area (Å²) in [4.78, 5) is 0. The van der Waals surface area contributed by atoms with Gasteiger partial charge in [0.1, 0.15) is 0 Å². The fraction of sp³-hybridized carbons (Fsp3) is 1.00. The third kappa shape index (κ3) is 4.00. The van der Waals surface area contributed by atoms with Crippen LogP contribution in [0.1, 0.15) is 59.8 Å². The molecule has 1 aliphatic carbocycles. The molecule has 0 aromatic heterocycles. The highest BCUT2D eigenvalue weighted by atomic mass is 14.9. The molecule has 1 aliphatic rings. The minimum absolute atomic E-state index is 0.446. The largest absolute Gasteiger partial charge is 0.314 e. The minimum Gasteiger partial charge on any atom is -0.314 e. The van der Waals surface area contributed by atoms with Crippen LogP contribution >= 0.6 is 0 Å². The average Bonchev–Trinajstić information content (AvgIpc) is 2.14. The van der Waals surface area contributed by atoms with E-state index in [2.05, 4.69) is 33.0 Å². The molecule has 0 aromatic rings. The predicted molar refractivity (Wildman–Crippen MR) is 63.5 cm³/mol. The zero-order chi connectivity index (χ0) is 10.6. The molecule has 0 bridgehead atoms. The van der Waals surface area contributed by atoms with Crippen LogP contribution in [0.5, 0.6) is 0 Å². The van der Waals surface area contributed by atoms with Gasteiger partial charge in [-0.1, -0.05) is 47.0 Å². The average molecular weight is 197 g/mol. The van der Waals surface area contributed by atoms with E-state index in [1.165, 1.54) is 38.6 Å². The molecule has 1 fully saturated rings. The molecular formula is C13H27N. The van der Waals surface area contributed by atoms with Gasteiger partial charge in [0.15, 0.2) is 0 Å². The van der Waals surface area contributed by atoms with Crippen LogP contribution in [0.3, 0.4) is 0 Å². The van der Waals surface area contributed by atoms with E-state index in [-0.39, 0.29) is 0 Å². The number of rotatable bonds is 3. The fourth-order valence-electron chi connectivity index (χ4n) is 1.96. The highest BCUT2D eigenvalue weighted by molar-refractivity contribution is 4.77. The maximum Gasteiger partial charge on any atom is 0.00671 e. The topological polar surface area (TPSA) is 12.0 Å². The Kier molecular flexibility index (Phi) is 4.43. The first-order valence-electron chi connectivity index (χ1n) is 6.23. The zero-order valence-corrected chi connectivity index (χ0v) is 10.4. The number of nitrogens with one attached hydrogen (secondary N) is 1. The highest BCUT2D eigenvalue weighted by Crippen LogP contribution is 2.25. The van der Waals surface area contributed by atoms with Gasteiger partial charge in [-0.3, -0.25) is 0 Å². The van der Waals surface area contributed by atoms with Crippen LogP contribution in [0.2, 0.25) is 0 Å². The van der Waals surface area contributed by atoms with Crippen molar-refractivity contribution in [2.45, 2.75) is 65.8 Å². The molecular weight excluding hydrogens is 170 g/mol. The van der Waals surface area contributed by atoms with Crippen molar-refractivity contribution in [3.8, 4) is 0 Å². The lowest BCUT2D eigenvalue weighted by atomic mass is 9.82. The van der Waals surface area contributed by atoms with Crippen LogP contribution in [-0.2, 0) is 0 Å². The summed E-state index contributed by atoms with van der Waals surface area (Å²) in [5.74, 6) is 0.768. The summed E-state index contributed by atoms with van der Waals surface area (Å²) >= 11 is 0. The molecule has 1 saturated carbocycles. The van der Waals surface area contributed by atoms with Crippen LogP contribution in [0.25, 0.3) is 0 Å². The highest BCUT2D eigenvalue weighted by Gasteiger charge is 2.21. The van der Waals surface area contributed by atoms with Gasteiger partial charge in [0.05, 0.1) is 0 Å². The van der Waals surface area contributed by atoms with Crippen molar-refractivity contribution >= 4 is 0 Å². The van der Waals surface area contributed by atoms with Gasteiger partial charge in [0.25, 0.3) is 0 Å². The fourth-order valence-corrected chi connectivity index (χ4v) is 1.96. The van der Waals surface area contributed by atoms with Crippen molar-refractivity contribution in [3.63, 3.8) is 0 Å². The standard InChI is InChI=1S/C13H27N/c1-11(13(2,3)4)10-14-12-8-6-5-7-9-12/h11-12,14H,5-10H2,1-4H3. The Morgan fingerprint density at radius 2 is 1.71 bits per heavy atom. The van der Waals surface area contributed by atoms with E-state index in [1.54, 1.807) is 0 Å². The Hall–Kier alpha value is -0.0400. The van der Waals surface area contributed by atoms with E-state index in [4.69, 9.17) is 0 Å². The van der Waals surface area contributed by atoms with Crippen LogP contribution in [0.15, 0.2) is 0 Å². The van der Waals surface area contributed by atoms with E-state index >= 15 is 0 Å². The third-order valence-corrected chi connectivity index (χ3v) is 3.80. The first-order valence-corrected chi connectivity index (χ1v) is 6.23. The first-order chi connectivity index (χ1) is 6.50. The normalized spacial score (nSPS) is 22.3. The van der Waals surface area contributed by atoms with Crippen molar-refractivity contribution < 1.29 is 0 Å². The van der Waals surface area contributed by atoms with Gasteiger partial charge in [0.2, 0.25) is 0 Å². The molecule has 0 spiro atoms. The van der Waals surface area contributed by atoms with Crippen molar-refractivity contribution in [1.82, 2.24) is 5.32 Å². The molecule has 0 amide bonds. The van der Waals surface area contributed by atoms with Crippen LogP contribution in [0.4, 0.5) is 0 Å². The minimum atomic E-state index is 0.446. The summed E-state index contributed by atoms with van der Waals surface area (Å²) in [6.07, 6.45) is 7.11. The lowest BCUT2D eigenvalue weighted by Crippen LogP contribution is -2.37. The first kappa shape index (κ1) is 12.0. The van der Waals surface area contributed by atoms with E-state index in [9.17, 15) is 0 Å². The van der Waals surface area contributed by atoms with Crippen molar-refractivity contribution in [3.05, 3.63) is 0 Å². The Labute approximate surface area is 89.7 Å². The van der Waals surface area contributed by atoms with E-state index < -0.39 is 0 Å². The lowest BCUT2D eigenvalue weighted by molar-refractivity contribution is 0.235. The zero-order valence-electron chi connectivity index (χ0n) is 10.4. The molecule has 14 heavy (non-hydrogen) atoms. The molecule has 1 atom stereocenters. The Morgan fingerprint density at radius 1 is 1.14 bits per heavy atom. The molecule has 0 aromatic carbocycles. The quantitative estimate of drug-likeness (QED) is 0.729. The molecule has 0 radical (unpaired) electrons. The smallest absolute Gasteiger partial charge is 0.00671 e. The second-order valence-corrected chi connectivity index (χ2v) is 6.01.